The van der Waals surface area contributed by atoms with Gasteiger partial charge in [0.2, 0.25) is 0 Å². The van der Waals surface area contributed by atoms with E-state index in [0.29, 0.717) is 24.7 Å². The first-order valence-corrected chi connectivity index (χ1v) is 9.58. The molecule has 0 bridgehead atoms. The Kier molecular flexibility index (Phi) is 3.86. The van der Waals surface area contributed by atoms with Gasteiger partial charge in [0.15, 0.2) is 5.79 Å². The number of ether oxygens (including phenoxy) is 2. The Morgan fingerprint density at radius 1 is 1.23 bits per heavy atom. The maximum atomic E-state index is 13.4. The van der Waals surface area contributed by atoms with Crippen LogP contribution in [0.2, 0.25) is 5.02 Å². The molecule has 1 aliphatic carbocycles. The molecule has 2 aliphatic rings. The molecule has 0 amide bonds. The van der Waals surface area contributed by atoms with Crippen LogP contribution in [-0.4, -0.2) is 29.0 Å². The van der Waals surface area contributed by atoms with Crippen LogP contribution in [0.1, 0.15) is 16.9 Å². The van der Waals surface area contributed by atoms with E-state index in [9.17, 15) is 4.39 Å². The van der Waals surface area contributed by atoms with E-state index < -0.39 is 11.6 Å². The summed E-state index contributed by atoms with van der Waals surface area (Å²) < 4.78 is 25.1. The highest BCUT2D eigenvalue weighted by Crippen LogP contribution is 2.44. The molecular formula is C18H15ClFN3O2S. The van der Waals surface area contributed by atoms with Crippen molar-refractivity contribution in [3.63, 3.8) is 0 Å². The second-order valence-electron chi connectivity index (χ2n) is 6.44. The second kappa shape index (κ2) is 6.13. The van der Waals surface area contributed by atoms with Gasteiger partial charge in [-0.15, -0.1) is 11.3 Å². The summed E-state index contributed by atoms with van der Waals surface area (Å²) in [6.45, 7) is 1.30. The van der Waals surface area contributed by atoms with E-state index in [2.05, 4.69) is 15.3 Å². The Balaban J connectivity index is 1.55. The van der Waals surface area contributed by atoms with Crippen LogP contribution < -0.4 is 5.32 Å². The number of fused-ring (bicyclic) bond motifs is 3. The minimum absolute atomic E-state index is 0.0742. The Morgan fingerprint density at radius 3 is 2.88 bits per heavy atom. The van der Waals surface area contributed by atoms with Gasteiger partial charge in [-0.25, -0.2) is 14.4 Å². The van der Waals surface area contributed by atoms with Gasteiger partial charge >= 0.3 is 0 Å². The molecule has 5 nitrogen and oxygen atoms in total. The third-order valence-corrected chi connectivity index (χ3v) is 6.28. The molecule has 1 spiro atoms. The van der Waals surface area contributed by atoms with Crippen molar-refractivity contribution in [2.75, 3.05) is 18.5 Å². The second-order valence-corrected chi connectivity index (χ2v) is 7.94. The molecular weight excluding hydrogens is 377 g/mol. The average molecular weight is 392 g/mol. The first-order chi connectivity index (χ1) is 12.6. The Labute approximate surface area is 158 Å². The van der Waals surface area contributed by atoms with Crippen molar-refractivity contribution < 1.29 is 13.9 Å². The van der Waals surface area contributed by atoms with Crippen molar-refractivity contribution in [1.29, 1.82) is 0 Å². The number of anilines is 2. The molecule has 8 heteroatoms. The van der Waals surface area contributed by atoms with Gasteiger partial charge < -0.3 is 14.8 Å². The quantitative estimate of drug-likeness (QED) is 0.699. The summed E-state index contributed by atoms with van der Waals surface area (Å²) in [7, 11) is 0. The highest BCUT2D eigenvalue weighted by molar-refractivity contribution is 7.19. The van der Waals surface area contributed by atoms with Gasteiger partial charge in [-0.1, -0.05) is 11.6 Å². The molecule has 3 aromatic rings. The Hall–Kier alpha value is -1.80. The fourth-order valence-electron chi connectivity index (χ4n) is 3.64. The van der Waals surface area contributed by atoms with E-state index in [4.69, 9.17) is 21.1 Å². The number of halogens is 2. The number of hydrogen-bond donors (Lipinski definition) is 1. The van der Waals surface area contributed by atoms with Crippen molar-refractivity contribution in [1.82, 2.24) is 9.97 Å². The lowest BCUT2D eigenvalue weighted by Gasteiger charge is -2.31. The minimum atomic E-state index is -0.473. The van der Waals surface area contributed by atoms with Crippen LogP contribution >= 0.6 is 22.9 Å². The molecule has 0 unspecified atom stereocenters. The standard InChI is InChI=1S/C18H15ClFN3O2S/c19-12-7-10(1-2-13(12)20)23-16-15-11-3-4-18(24-5-6-25-18)8-14(11)26-17(15)22-9-21-16/h1-2,7,9H,3-6,8H2,(H,21,22,23). The minimum Gasteiger partial charge on any atom is -0.347 e. The number of thiophene rings is 1. The number of aryl methyl sites for hydroxylation is 1. The summed E-state index contributed by atoms with van der Waals surface area (Å²) >= 11 is 7.54. The van der Waals surface area contributed by atoms with Gasteiger partial charge in [0, 0.05) is 23.4 Å². The van der Waals surface area contributed by atoms with Gasteiger partial charge in [-0.2, -0.15) is 0 Å². The van der Waals surface area contributed by atoms with Gasteiger partial charge in [-0.05, 0) is 30.2 Å². The monoisotopic (exact) mass is 391 g/mol. The van der Waals surface area contributed by atoms with E-state index in [1.165, 1.54) is 22.8 Å². The Morgan fingerprint density at radius 2 is 2.08 bits per heavy atom. The van der Waals surface area contributed by atoms with Crippen LogP contribution in [-0.2, 0) is 22.3 Å². The van der Waals surface area contributed by atoms with Crippen LogP contribution in [0, 0.1) is 5.82 Å². The molecule has 5 rings (SSSR count). The maximum Gasteiger partial charge on any atom is 0.173 e. The predicted molar refractivity (Wildman–Crippen MR) is 98.8 cm³/mol. The summed E-state index contributed by atoms with van der Waals surface area (Å²) in [5, 5.41) is 4.34. The molecule has 0 radical (unpaired) electrons. The van der Waals surface area contributed by atoms with Crippen LogP contribution in [0.4, 0.5) is 15.9 Å². The summed E-state index contributed by atoms with van der Waals surface area (Å²) in [6.07, 6.45) is 3.95. The molecule has 1 fully saturated rings. The van der Waals surface area contributed by atoms with E-state index in [-0.39, 0.29) is 5.02 Å². The van der Waals surface area contributed by atoms with Crippen LogP contribution in [0.15, 0.2) is 24.5 Å². The van der Waals surface area contributed by atoms with E-state index in [1.54, 1.807) is 23.5 Å². The zero-order valence-electron chi connectivity index (χ0n) is 13.7. The molecule has 1 N–H and O–H groups in total. The largest absolute Gasteiger partial charge is 0.347 e. The van der Waals surface area contributed by atoms with Crippen molar-refractivity contribution in [2.45, 2.75) is 25.0 Å². The number of hydrogen-bond acceptors (Lipinski definition) is 6. The molecule has 3 heterocycles. The third-order valence-electron chi connectivity index (χ3n) is 4.85. The lowest BCUT2D eigenvalue weighted by Crippen LogP contribution is -2.36. The normalized spacial score (nSPS) is 18.4. The molecule has 0 saturated carbocycles. The number of rotatable bonds is 2. The summed E-state index contributed by atoms with van der Waals surface area (Å²) in [4.78, 5) is 11.0. The lowest BCUT2D eigenvalue weighted by atomic mass is 9.92. The summed E-state index contributed by atoms with van der Waals surface area (Å²) in [5.74, 6) is -0.210. The van der Waals surface area contributed by atoms with Gasteiger partial charge in [0.1, 0.15) is 22.8 Å². The SMILES string of the molecule is Fc1ccc(Nc2ncnc3sc4c(c23)CCC2(C4)OCCO2)cc1Cl. The topological polar surface area (TPSA) is 56.3 Å². The molecule has 1 aliphatic heterocycles. The zero-order valence-corrected chi connectivity index (χ0v) is 15.3. The zero-order chi connectivity index (χ0) is 17.7. The summed E-state index contributed by atoms with van der Waals surface area (Å²) in [6, 6.07) is 4.53. The van der Waals surface area contributed by atoms with Crippen molar-refractivity contribution in [3.8, 4) is 0 Å². The number of aromatic nitrogens is 2. The number of nitrogens with one attached hydrogen (secondary N) is 1. The van der Waals surface area contributed by atoms with Gasteiger partial charge in [0.05, 0.1) is 23.6 Å². The fraction of sp³-hybridized carbons (Fsp3) is 0.333. The highest BCUT2D eigenvalue weighted by Gasteiger charge is 2.41. The highest BCUT2D eigenvalue weighted by atomic mass is 35.5. The third kappa shape index (κ3) is 2.66. The lowest BCUT2D eigenvalue weighted by molar-refractivity contribution is -0.163. The number of benzene rings is 1. The maximum absolute atomic E-state index is 13.4. The molecule has 26 heavy (non-hydrogen) atoms. The first-order valence-electron chi connectivity index (χ1n) is 8.39. The number of nitrogens with zero attached hydrogens (tertiary/aromatic N) is 2. The average Bonchev–Trinajstić information content (AvgIpc) is 3.23. The van der Waals surface area contributed by atoms with E-state index in [1.807, 2.05) is 0 Å². The van der Waals surface area contributed by atoms with Crippen molar-refractivity contribution in [2.24, 2.45) is 0 Å². The smallest absolute Gasteiger partial charge is 0.173 e. The Bertz CT molecular complexity index is 1000. The van der Waals surface area contributed by atoms with Gasteiger partial charge in [0.25, 0.3) is 0 Å². The van der Waals surface area contributed by atoms with Crippen molar-refractivity contribution in [3.05, 3.63) is 45.8 Å². The molecule has 1 aromatic carbocycles. The molecule has 1 saturated heterocycles. The van der Waals surface area contributed by atoms with E-state index >= 15 is 0 Å². The molecule has 0 atom stereocenters. The van der Waals surface area contributed by atoms with Crippen LogP contribution in [0.5, 0.6) is 0 Å². The molecule has 2 aromatic heterocycles. The van der Waals surface area contributed by atoms with Crippen LogP contribution in [0.3, 0.4) is 0 Å². The predicted octanol–water partition coefficient (Wildman–Crippen LogP) is 4.46. The van der Waals surface area contributed by atoms with Gasteiger partial charge in [-0.3, -0.25) is 0 Å². The van der Waals surface area contributed by atoms with Crippen molar-refractivity contribution >= 4 is 44.7 Å². The van der Waals surface area contributed by atoms with E-state index in [0.717, 1.165) is 29.5 Å². The molecule has 134 valence electrons. The van der Waals surface area contributed by atoms with Crippen LogP contribution in [0.25, 0.3) is 10.2 Å². The first kappa shape index (κ1) is 16.4. The summed E-state index contributed by atoms with van der Waals surface area (Å²) in [5.41, 5.74) is 1.93. The fourth-order valence-corrected chi connectivity index (χ4v) is 5.10.